The molecular formula is C8H15N3O2S. The highest BCUT2D eigenvalue weighted by Gasteiger charge is 2.07. The number of imidazole rings is 1. The van der Waals surface area contributed by atoms with Gasteiger partial charge in [0.1, 0.15) is 9.84 Å². The number of sulfone groups is 1. The lowest BCUT2D eigenvalue weighted by Crippen LogP contribution is -2.12. The van der Waals surface area contributed by atoms with E-state index in [9.17, 15) is 8.42 Å². The SMILES string of the molecule is CNc1nc(C)cn1CCS(C)(=O)=O. The summed E-state index contributed by atoms with van der Waals surface area (Å²) in [5.41, 5.74) is 0.878. The predicted octanol–water partition coefficient (Wildman–Crippen LogP) is 0.278. The second-order valence-electron chi connectivity index (χ2n) is 3.28. The lowest BCUT2D eigenvalue weighted by Gasteiger charge is -2.05. The van der Waals surface area contributed by atoms with E-state index in [1.165, 1.54) is 6.26 Å². The number of rotatable bonds is 4. The number of nitrogens with one attached hydrogen (secondary N) is 1. The minimum absolute atomic E-state index is 0.136. The maximum Gasteiger partial charge on any atom is 0.202 e. The molecule has 0 amide bonds. The summed E-state index contributed by atoms with van der Waals surface area (Å²) in [5, 5.41) is 2.91. The molecule has 1 rings (SSSR count). The average Bonchev–Trinajstić information content (AvgIpc) is 2.41. The van der Waals surface area contributed by atoms with Gasteiger partial charge < -0.3 is 9.88 Å². The van der Waals surface area contributed by atoms with Crippen LogP contribution < -0.4 is 5.32 Å². The molecule has 0 saturated carbocycles. The molecule has 0 saturated heterocycles. The first-order valence-electron chi connectivity index (χ1n) is 4.31. The summed E-state index contributed by atoms with van der Waals surface area (Å²) in [5.74, 6) is 0.837. The molecule has 0 aliphatic heterocycles. The number of hydrogen-bond donors (Lipinski definition) is 1. The molecule has 0 atom stereocenters. The molecule has 1 aromatic rings. The van der Waals surface area contributed by atoms with Gasteiger partial charge in [-0.1, -0.05) is 0 Å². The zero-order chi connectivity index (χ0) is 10.8. The Labute approximate surface area is 84.1 Å². The largest absolute Gasteiger partial charge is 0.359 e. The van der Waals surface area contributed by atoms with Gasteiger partial charge in [-0.2, -0.15) is 0 Å². The molecule has 0 spiro atoms. The standard InChI is InChI=1S/C8H15N3O2S/c1-7-6-11(8(9-2)10-7)4-5-14(3,12)13/h6H,4-5H2,1-3H3,(H,9,10). The smallest absolute Gasteiger partial charge is 0.202 e. The van der Waals surface area contributed by atoms with E-state index in [0.29, 0.717) is 12.5 Å². The maximum absolute atomic E-state index is 11.0. The quantitative estimate of drug-likeness (QED) is 0.786. The van der Waals surface area contributed by atoms with Crippen molar-refractivity contribution < 1.29 is 8.42 Å². The zero-order valence-electron chi connectivity index (χ0n) is 8.61. The Balaban J connectivity index is 2.76. The van der Waals surface area contributed by atoms with E-state index < -0.39 is 9.84 Å². The molecule has 1 aromatic heterocycles. The van der Waals surface area contributed by atoms with E-state index >= 15 is 0 Å². The molecule has 1 heterocycles. The summed E-state index contributed by atoms with van der Waals surface area (Å²) in [6.07, 6.45) is 3.06. The second-order valence-corrected chi connectivity index (χ2v) is 5.54. The van der Waals surface area contributed by atoms with Crippen LogP contribution in [0.3, 0.4) is 0 Å². The van der Waals surface area contributed by atoms with E-state index in [-0.39, 0.29) is 5.75 Å². The van der Waals surface area contributed by atoms with Gasteiger partial charge in [0, 0.05) is 26.0 Å². The van der Waals surface area contributed by atoms with Crippen LogP contribution in [0, 0.1) is 6.92 Å². The fourth-order valence-electron chi connectivity index (χ4n) is 1.18. The van der Waals surface area contributed by atoms with Crippen molar-refractivity contribution in [2.45, 2.75) is 13.5 Å². The highest BCUT2D eigenvalue weighted by atomic mass is 32.2. The van der Waals surface area contributed by atoms with E-state index in [1.807, 2.05) is 13.1 Å². The van der Waals surface area contributed by atoms with Crippen LogP contribution in [0.1, 0.15) is 5.69 Å². The molecule has 0 fully saturated rings. The fraction of sp³-hybridized carbons (Fsp3) is 0.625. The van der Waals surface area contributed by atoms with Crippen LogP contribution in [0.5, 0.6) is 0 Å². The minimum Gasteiger partial charge on any atom is -0.359 e. The van der Waals surface area contributed by atoms with Crippen LogP contribution in [0.25, 0.3) is 0 Å². The molecule has 0 aliphatic rings. The van der Waals surface area contributed by atoms with Crippen LogP contribution in [0.2, 0.25) is 0 Å². The predicted molar refractivity (Wildman–Crippen MR) is 56.2 cm³/mol. The van der Waals surface area contributed by atoms with E-state index in [0.717, 1.165) is 5.69 Å². The number of aromatic nitrogens is 2. The van der Waals surface area contributed by atoms with E-state index in [1.54, 1.807) is 11.6 Å². The van der Waals surface area contributed by atoms with Crippen LogP contribution in [-0.4, -0.2) is 37.0 Å². The van der Waals surface area contributed by atoms with Gasteiger partial charge in [0.05, 0.1) is 11.4 Å². The molecule has 6 heteroatoms. The normalized spacial score (nSPS) is 11.6. The Morgan fingerprint density at radius 2 is 2.21 bits per heavy atom. The molecule has 1 N–H and O–H groups in total. The van der Waals surface area contributed by atoms with Crippen molar-refractivity contribution in [2.75, 3.05) is 24.4 Å². The number of hydrogen-bond acceptors (Lipinski definition) is 4. The summed E-state index contributed by atoms with van der Waals surface area (Å²) in [6, 6.07) is 0. The molecular weight excluding hydrogens is 202 g/mol. The summed E-state index contributed by atoms with van der Waals surface area (Å²) in [6.45, 7) is 2.31. The number of nitrogens with zero attached hydrogens (tertiary/aromatic N) is 2. The Hall–Kier alpha value is -1.04. The third kappa shape index (κ3) is 3.02. The van der Waals surface area contributed by atoms with Gasteiger partial charge in [-0.25, -0.2) is 13.4 Å². The summed E-state index contributed by atoms with van der Waals surface area (Å²) >= 11 is 0. The first-order chi connectivity index (χ1) is 6.42. The topological polar surface area (TPSA) is 64.0 Å². The average molecular weight is 217 g/mol. The van der Waals surface area contributed by atoms with Crippen LogP contribution >= 0.6 is 0 Å². The van der Waals surface area contributed by atoms with Gasteiger partial charge in [-0.05, 0) is 6.92 Å². The Bertz CT molecular complexity index is 408. The highest BCUT2D eigenvalue weighted by molar-refractivity contribution is 7.90. The van der Waals surface area contributed by atoms with Gasteiger partial charge in [-0.3, -0.25) is 0 Å². The minimum atomic E-state index is -2.91. The zero-order valence-corrected chi connectivity index (χ0v) is 9.43. The van der Waals surface area contributed by atoms with E-state index in [2.05, 4.69) is 10.3 Å². The second kappa shape index (κ2) is 4.00. The fourth-order valence-corrected chi connectivity index (χ4v) is 1.71. The molecule has 80 valence electrons. The lowest BCUT2D eigenvalue weighted by atomic mass is 10.6. The third-order valence-corrected chi connectivity index (χ3v) is 2.75. The Morgan fingerprint density at radius 1 is 1.57 bits per heavy atom. The van der Waals surface area contributed by atoms with Gasteiger partial charge in [-0.15, -0.1) is 0 Å². The Kier molecular flexibility index (Phi) is 3.15. The first kappa shape index (κ1) is 11.0. The van der Waals surface area contributed by atoms with Crippen molar-refractivity contribution in [3.8, 4) is 0 Å². The van der Waals surface area contributed by atoms with Crippen molar-refractivity contribution >= 4 is 15.8 Å². The van der Waals surface area contributed by atoms with Crippen LogP contribution in [0.15, 0.2) is 6.20 Å². The van der Waals surface area contributed by atoms with Crippen LogP contribution in [0.4, 0.5) is 5.95 Å². The van der Waals surface area contributed by atoms with Gasteiger partial charge >= 0.3 is 0 Å². The number of anilines is 1. The molecule has 0 aromatic carbocycles. The Morgan fingerprint density at radius 3 is 2.71 bits per heavy atom. The molecule has 5 nitrogen and oxygen atoms in total. The van der Waals surface area contributed by atoms with Gasteiger partial charge in [0.25, 0.3) is 0 Å². The van der Waals surface area contributed by atoms with E-state index in [4.69, 9.17) is 0 Å². The first-order valence-corrected chi connectivity index (χ1v) is 6.37. The maximum atomic E-state index is 11.0. The van der Waals surface area contributed by atoms with Crippen molar-refractivity contribution in [1.82, 2.24) is 9.55 Å². The molecule has 0 bridgehead atoms. The summed E-state index contributed by atoms with van der Waals surface area (Å²) in [4.78, 5) is 4.19. The van der Waals surface area contributed by atoms with Crippen molar-refractivity contribution in [3.63, 3.8) is 0 Å². The van der Waals surface area contributed by atoms with Gasteiger partial charge in [0.15, 0.2) is 0 Å². The third-order valence-electron chi connectivity index (χ3n) is 1.82. The van der Waals surface area contributed by atoms with Crippen molar-refractivity contribution in [3.05, 3.63) is 11.9 Å². The monoisotopic (exact) mass is 217 g/mol. The highest BCUT2D eigenvalue weighted by Crippen LogP contribution is 2.07. The summed E-state index contributed by atoms with van der Waals surface area (Å²) in [7, 11) is -1.15. The van der Waals surface area contributed by atoms with Crippen molar-refractivity contribution in [2.24, 2.45) is 0 Å². The molecule has 14 heavy (non-hydrogen) atoms. The van der Waals surface area contributed by atoms with Crippen LogP contribution in [-0.2, 0) is 16.4 Å². The molecule has 0 unspecified atom stereocenters. The van der Waals surface area contributed by atoms with Gasteiger partial charge in [0.2, 0.25) is 5.95 Å². The lowest BCUT2D eigenvalue weighted by molar-refractivity contribution is 0.595. The molecule has 0 aliphatic carbocycles. The molecule has 0 radical (unpaired) electrons. The summed E-state index contributed by atoms with van der Waals surface area (Å²) < 4.78 is 23.7. The number of aryl methyl sites for hydroxylation is 2. The van der Waals surface area contributed by atoms with Crippen molar-refractivity contribution in [1.29, 1.82) is 0 Å².